The Kier molecular flexibility index (Phi) is 6.34. The summed E-state index contributed by atoms with van der Waals surface area (Å²) in [6, 6.07) is 5.65. The van der Waals surface area contributed by atoms with Gasteiger partial charge in [-0.15, -0.1) is 16.4 Å². The summed E-state index contributed by atoms with van der Waals surface area (Å²) >= 11 is 1.14. The lowest BCUT2D eigenvalue weighted by Crippen LogP contribution is -2.55. The van der Waals surface area contributed by atoms with E-state index in [1.165, 1.54) is 12.3 Å². The van der Waals surface area contributed by atoms with Crippen molar-refractivity contribution >= 4 is 56.5 Å². The van der Waals surface area contributed by atoms with Crippen LogP contribution in [0.1, 0.15) is 34.5 Å². The van der Waals surface area contributed by atoms with Crippen LogP contribution in [0.4, 0.5) is 21.9 Å². The van der Waals surface area contributed by atoms with Crippen molar-refractivity contribution in [1.82, 2.24) is 25.5 Å². The van der Waals surface area contributed by atoms with Crippen LogP contribution in [0.2, 0.25) is 0 Å². The molecule has 1 aliphatic heterocycles. The van der Waals surface area contributed by atoms with Crippen molar-refractivity contribution in [1.29, 1.82) is 0 Å². The molecule has 5 heterocycles. The summed E-state index contributed by atoms with van der Waals surface area (Å²) in [6.45, 7) is 5.39. The van der Waals surface area contributed by atoms with Crippen molar-refractivity contribution < 1.29 is 19.1 Å². The number of pyridine rings is 2. The highest BCUT2D eigenvalue weighted by Crippen LogP contribution is 2.50. The Bertz CT molecular complexity index is 1670. The van der Waals surface area contributed by atoms with Crippen molar-refractivity contribution in [3.05, 3.63) is 66.0 Å². The average molecular weight is 557 g/mol. The van der Waals surface area contributed by atoms with Crippen LogP contribution in [-0.2, 0) is 4.79 Å². The summed E-state index contributed by atoms with van der Waals surface area (Å²) in [5.41, 5.74) is 8.02. The van der Waals surface area contributed by atoms with Crippen LogP contribution in [0.25, 0.3) is 10.2 Å². The number of urea groups is 1. The van der Waals surface area contributed by atoms with Gasteiger partial charge >= 0.3 is 6.03 Å². The summed E-state index contributed by atoms with van der Waals surface area (Å²) in [5.74, 6) is -0.403. The molecule has 0 saturated heterocycles. The quantitative estimate of drug-likeness (QED) is 0.324. The first-order valence-electron chi connectivity index (χ1n) is 12.6. The van der Waals surface area contributed by atoms with Crippen LogP contribution in [0, 0.1) is 6.92 Å². The molecular weight excluding hydrogens is 532 g/mol. The highest BCUT2D eigenvalue weighted by atomic mass is 32.1. The Morgan fingerprint density at radius 3 is 2.77 bits per heavy atom. The average Bonchev–Trinajstić information content (AvgIpc) is 3.56. The molecule has 40 heavy (non-hydrogen) atoms. The van der Waals surface area contributed by atoms with Crippen molar-refractivity contribution in [3.8, 4) is 11.8 Å². The molecule has 1 aliphatic carbocycles. The van der Waals surface area contributed by atoms with E-state index in [2.05, 4.69) is 32.1 Å². The maximum atomic E-state index is 14.5. The van der Waals surface area contributed by atoms with E-state index in [1.807, 2.05) is 6.92 Å². The van der Waals surface area contributed by atoms with Gasteiger partial charge in [0.15, 0.2) is 0 Å². The molecule has 0 spiro atoms. The Labute approximate surface area is 232 Å². The van der Waals surface area contributed by atoms with Gasteiger partial charge in [-0.3, -0.25) is 19.4 Å². The summed E-state index contributed by atoms with van der Waals surface area (Å²) in [5, 5.41) is 11.3. The van der Waals surface area contributed by atoms with Crippen LogP contribution in [0.5, 0.6) is 11.8 Å². The Balaban J connectivity index is 1.49. The molecule has 12 nitrogen and oxygen atoms in total. The summed E-state index contributed by atoms with van der Waals surface area (Å²) in [4.78, 5) is 52.2. The van der Waals surface area contributed by atoms with Crippen LogP contribution in [0.15, 0.2) is 55.5 Å². The zero-order chi connectivity index (χ0) is 28.0. The third-order valence-electron chi connectivity index (χ3n) is 7.03. The number of nitrogens with zero attached hydrogens (tertiary/aromatic N) is 6. The highest BCUT2D eigenvalue weighted by Gasteiger charge is 2.45. The summed E-state index contributed by atoms with van der Waals surface area (Å²) < 4.78 is 5.73. The first-order chi connectivity index (χ1) is 19.4. The molecule has 0 bridgehead atoms. The minimum atomic E-state index is -0.650. The van der Waals surface area contributed by atoms with E-state index in [-0.39, 0.29) is 28.6 Å². The second-order valence-corrected chi connectivity index (χ2v) is 10.4. The van der Waals surface area contributed by atoms with Gasteiger partial charge in [0.1, 0.15) is 9.71 Å². The number of carbonyl (C=O) groups is 3. The molecular formula is C27H24N8O4S. The second kappa shape index (κ2) is 10.0. The molecule has 6 rings (SSSR count). The van der Waals surface area contributed by atoms with Gasteiger partial charge in [0, 0.05) is 24.5 Å². The predicted molar refractivity (Wildman–Crippen MR) is 149 cm³/mol. The Morgan fingerprint density at radius 2 is 2.05 bits per heavy atom. The van der Waals surface area contributed by atoms with Crippen LogP contribution >= 0.6 is 11.3 Å². The normalized spacial score (nSPS) is 18.2. The molecule has 2 atom stereocenters. The number of anilines is 3. The molecule has 13 heteroatoms. The number of amides is 4. The standard InChI is InChI=1S/C27H24N8O4S/c1-3-19(36)32-15-6-4-7-16(15)35-23-22-17(9-11-29-26(22)40-24(23)25(28)37)34(27(35)38)18-13-30-21(12-14(18)2)39-20-8-5-10-31-33-20/h3,5,8-13,15-16H,1,4,6-7H2,2H3,(H2,28,37)(H,32,36)/t15-,16+/m0/s1. The fraction of sp³-hybridized carbons (Fsp3) is 0.222. The van der Waals surface area contributed by atoms with Crippen molar-refractivity contribution in [2.45, 2.75) is 38.3 Å². The lowest BCUT2D eigenvalue weighted by atomic mass is 10.0. The minimum absolute atomic E-state index is 0.242. The maximum Gasteiger partial charge on any atom is 0.334 e. The largest absolute Gasteiger partial charge is 0.419 e. The second-order valence-electron chi connectivity index (χ2n) is 9.43. The number of ether oxygens (including phenoxy) is 1. The lowest BCUT2D eigenvalue weighted by Gasteiger charge is -2.41. The molecule has 4 aromatic heterocycles. The number of primary amides is 1. The van der Waals surface area contributed by atoms with Crippen molar-refractivity contribution in [3.63, 3.8) is 0 Å². The van der Waals surface area contributed by atoms with Gasteiger partial charge in [0.25, 0.3) is 5.91 Å². The van der Waals surface area contributed by atoms with E-state index in [4.69, 9.17) is 10.5 Å². The van der Waals surface area contributed by atoms with Crippen LogP contribution < -0.4 is 25.6 Å². The molecule has 0 radical (unpaired) electrons. The lowest BCUT2D eigenvalue weighted by molar-refractivity contribution is -0.117. The third-order valence-corrected chi connectivity index (χ3v) is 8.13. The van der Waals surface area contributed by atoms with Gasteiger partial charge in [-0.1, -0.05) is 6.58 Å². The molecule has 0 unspecified atom stereocenters. The van der Waals surface area contributed by atoms with Gasteiger partial charge in [-0.2, -0.15) is 5.10 Å². The van der Waals surface area contributed by atoms with Crippen molar-refractivity contribution in [2.24, 2.45) is 5.73 Å². The smallest absolute Gasteiger partial charge is 0.334 e. The summed E-state index contributed by atoms with van der Waals surface area (Å²) in [6.07, 6.45) is 7.97. The Hall–Kier alpha value is -4.91. The number of rotatable bonds is 7. The van der Waals surface area contributed by atoms with Gasteiger partial charge in [-0.05, 0) is 50.0 Å². The molecule has 0 aromatic carbocycles. The topological polar surface area (TPSA) is 157 Å². The number of nitrogens with one attached hydrogen (secondary N) is 1. The molecule has 202 valence electrons. The minimum Gasteiger partial charge on any atom is -0.419 e. The molecule has 3 N–H and O–H groups in total. The number of carbonyl (C=O) groups excluding carboxylic acids is 3. The van der Waals surface area contributed by atoms with Gasteiger partial charge in [-0.25, -0.2) is 14.8 Å². The zero-order valence-corrected chi connectivity index (χ0v) is 22.2. The molecule has 2 aliphatic rings. The van der Waals surface area contributed by atoms with Gasteiger partial charge in [0.05, 0.1) is 40.7 Å². The van der Waals surface area contributed by atoms with E-state index in [1.54, 1.807) is 46.5 Å². The zero-order valence-electron chi connectivity index (χ0n) is 21.4. The van der Waals surface area contributed by atoms with Crippen LogP contribution in [-0.4, -0.2) is 50.1 Å². The third kappa shape index (κ3) is 4.20. The summed E-state index contributed by atoms with van der Waals surface area (Å²) in [7, 11) is 0. The SMILES string of the molecule is C=CC(=O)N[C@H]1CCC[C@H]1N1C(=O)N(c2cnc(Oc3cccnn3)cc2C)c2ccnc3sc(C(N)=O)c1c23. The predicted octanol–water partition coefficient (Wildman–Crippen LogP) is 3.98. The van der Waals surface area contributed by atoms with E-state index in [9.17, 15) is 14.4 Å². The number of hydrogen-bond acceptors (Lipinski definition) is 9. The van der Waals surface area contributed by atoms with E-state index >= 15 is 0 Å². The fourth-order valence-corrected chi connectivity index (χ4v) is 6.35. The van der Waals surface area contributed by atoms with E-state index in [0.717, 1.165) is 17.8 Å². The van der Waals surface area contributed by atoms with Gasteiger partial charge < -0.3 is 15.8 Å². The fourth-order valence-electron chi connectivity index (χ4n) is 5.34. The van der Waals surface area contributed by atoms with E-state index in [0.29, 0.717) is 45.7 Å². The first-order valence-corrected chi connectivity index (χ1v) is 13.4. The monoisotopic (exact) mass is 556 g/mol. The molecule has 4 aromatic rings. The highest BCUT2D eigenvalue weighted by molar-refractivity contribution is 7.21. The molecule has 4 amide bonds. The van der Waals surface area contributed by atoms with Gasteiger partial charge in [0.2, 0.25) is 17.7 Å². The van der Waals surface area contributed by atoms with Crippen molar-refractivity contribution in [2.75, 3.05) is 9.80 Å². The van der Waals surface area contributed by atoms with E-state index < -0.39 is 18.0 Å². The maximum absolute atomic E-state index is 14.5. The molecule has 1 saturated carbocycles. The number of nitrogens with two attached hydrogens (primary N) is 1. The Morgan fingerprint density at radius 1 is 1.20 bits per heavy atom. The number of thiophene rings is 1. The molecule has 1 fully saturated rings. The number of aromatic nitrogens is 4. The van der Waals surface area contributed by atoms with Crippen LogP contribution in [0.3, 0.4) is 0 Å². The first kappa shape index (κ1) is 25.4. The number of aryl methyl sites for hydroxylation is 1. The number of hydrogen-bond donors (Lipinski definition) is 2.